The first-order valence-corrected chi connectivity index (χ1v) is 5.68. The number of carbonyl (C=O) groups is 1. The highest BCUT2D eigenvalue weighted by Crippen LogP contribution is 2.25. The largest absolute Gasteiger partial charge is 0.480 e. The number of ether oxygens (including phenoxy) is 1. The molecule has 0 radical (unpaired) electrons. The third-order valence-corrected chi connectivity index (χ3v) is 2.67. The quantitative estimate of drug-likeness (QED) is 0.827. The van der Waals surface area contributed by atoms with Crippen molar-refractivity contribution in [2.24, 2.45) is 5.73 Å². The summed E-state index contributed by atoms with van der Waals surface area (Å²) in [5.74, 6) is 0.630. The van der Waals surface area contributed by atoms with E-state index in [9.17, 15) is 4.79 Å². The molecule has 1 rings (SSSR count). The summed E-state index contributed by atoms with van der Waals surface area (Å²) in [5.41, 5.74) is 8.68. The number of amides is 1. The summed E-state index contributed by atoms with van der Waals surface area (Å²) < 4.78 is 5.68. The average Bonchev–Trinajstić information content (AvgIpc) is 2.31. The molecule has 4 nitrogen and oxygen atoms in total. The predicted molar refractivity (Wildman–Crippen MR) is 68.0 cm³/mol. The molecule has 0 aliphatic carbocycles. The molecule has 0 heterocycles. The van der Waals surface area contributed by atoms with Gasteiger partial charge in [0, 0.05) is 13.6 Å². The Labute approximate surface area is 102 Å². The third kappa shape index (κ3) is 3.20. The van der Waals surface area contributed by atoms with Crippen molar-refractivity contribution in [3.05, 3.63) is 28.8 Å². The molecule has 0 bridgehead atoms. The Morgan fingerprint density at radius 2 is 1.94 bits per heavy atom. The van der Waals surface area contributed by atoms with Gasteiger partial charge in [-0.3, -0.25) is 4.79 Å². The molecule has 94 valence electrons. The Bertz CT molecular complexity index is 393. The number of carbonyl (C=O) groups excluding carboxylic acids is 1. The number of likely N-dealkylation sites (N-methyl/N-ethyl adjacent to an activating group) is 1. The second-order valence-electron chi connectivity index (χ2n) is 4.14. The van der Waals surface area contributed by atoms with Gasteiger partial charge in [-0.25, -0.2) is 0 Å². The van der Waals surface area contributed by atoms with E-state index in [4.69, 9.17) is 10.5 Å². The summed E-state index contributed by atoms with van der Waals surface area (Å²) in [5, 5.41) is 2.56. The Kier molecular flexibility index (Phi) is 4.52. The summed E-state index contributed by atoms with van der Waals surface area (Å²) in [6.45, 7) is 6.15. The molecule has 17 heavy (non-hydrogen) atoms. The first-order chi connectivity index (χ1) is 7.99. The number of nitrogens with one attached hydrogen (secondary N) is 1. The van der Waals surface area contributed by atoms with Crippen molar-refractivity contribution in [3.8, 4) is 5.75 Å². The van der Waals surface area contributed by atoms with Crippen LogP contribution in [-0.2, 0) is 11.3 Å². The van der Waals surface area contributed by atoms with Crippen molar-refractivity contribution in [1.82, 2.24) is 5.32 Å². The highest BCUT2D eigenvalue weighted by molar-refractivity contribution is 5.80. The SMILES string of the molecule is CNC(=O)C(C)Oc1c(C)cc(CN)cc1C. The van der Waals surface area contributed by atoms with Crippen LogP contribution in [-0.4, -0.2) is 19.1 Å². The van der Waals surface area contributed by atoms with Gasteiger partial charge in [0.15, 0.2) is 6.10 Å². The van der Waals surface area contributed by atoms with Crippen molar-refractivity contribution in [3.63, 3.8) is 0 Å². The van der Waals surface area contributed by atoms with Gasteiger partial charge in [-0.15, -0.1) is 0 Å². The lowest BCUT2D eigenvalue weighted by Gasteiger charge is -2.18. The van der Waals surface area contributed by atoms with Gasteiger partial charge in [-0.05, 0) is 37.5 Å². The standard InChI is InChI=1S/C13H20N2O2/c1-8-5-11(7-14)6-9(2)12(8)17-10(3)13(16)15-4/h5-6,10H,7,14H2,1-4H3,(H,15,16). The minimum atomic E-state index is -0.499. The molecule has 0 aliphatic heterocycles. The van der Waals surface area contributed by atoms with Crippen molar-refractivity contribution in [2.45, 2.75) is 33.4 Å². The van der Waals surface area contributed by atoms with E-state index < -0.39 is 6.10 Å². The summed E-state index contributed by atoms with van der Waals surface area (Å²) in [7, 11) is 1.60. The van der Waals surface area contributed by atoms with E-state index in [0.717, 1.165) is 22.4 Å². The molecule has 0 fully saturated rings. The van der Waals surface area contributed by atoms with E-state index in [-0.39, 0.29) is 5.91 Å². The molecular weight excluding hydrogens is 216 g/mol. The maximum atomic E-state index is 11.4. The lowest BCUT2D eigenvalue weighted by atomic mass is 10.1. The maximum absolute atomic E-state index is 11.4. The van der Waals surface area contributed by atoms with Crippen molar-refractivity contribution in [1.29, 1.82) is 0 Å². The predicted octanol–water partition coefficient (Wildman–Crippen LogP) is 1.28. The van der Waals surface area contributed by atoms with Gasteiger partial charge in [0.25, 0.3) is 5.91 Å². The van der Waals surface area contributed by atoms with Gasteiger partial charge in [0.2, 0.25) is 0 Å². The molecule has 0 saturated heterocycles. The summed E-state index contributed by atoms with van der Waals surface area (Å²) in [6, 6.07) is 3.97. The van der Waals surface area contributed by atoms with E-state index in [2.05, 4.69) is 5.32 Å². The fourth-order valence-electron chi connectivity index (χ4n) is 1.78. The van der Waals surface area contributed by atoms with Gasteiger partial charge in [-0.2, -0.15) is 0 Å². The van der Waals surface area contributed by atoms with Crippen LogP contribution in [0.5, 0.6) is 5.75 Å². The molecule has 1 aromatic rings. The lowest BCUT2D eigenvalue weighted by molar-refractivity contribution is -0.126. The van der Waals surface area contributed by atoms with E-state index in [1.54, 1.807) is 14.0 Å². The van der Waals surface area contributed by atoms with Crippen LogP contribution in [0.25, 0.3) is 0 Å². The normalized spacial score (nSPS) is 12.1. The van der Waals surface area contributed by atoms with Gasteiger partial charge in [0.05, 0.1) is 0 Å². The lowest BCUT2D eigenvalue weighted by Crippen LogP contribution is -2.34. The minimum Gasteiger partial charge on any atom is -0.480 e. The summed E-state index contributed by atoms with van der Waals surface area (Å²) in [6.07, 6.45) is -0.499. The Morgan fingerprint density at radius 1 is 1.41 bits per heavy atom. The van der Waals surface area contributed by atoms with Crippen LogP contribution in [0.3, 0.4) is 0 Å². The van der Waals surface area contributed by atoms with Crippen LogP contribution < -0.4 is 15.8 Å². The van der Waals surface area contributed by atoms with E-state index >= 15 is 0 Å². The van der Waals surface area contributed by atoms with E-state index in [0.29, 0.717) is 6.54 Å². The molecule has 4 heteroatoms. The van der Waals surface area contributed by atoms with Crippen molar-refractivity contribution >= 4 is 5.91 Å². The second-order valence-corrected chi connectivity index (χ2v) is 4.14. The first-order valence-electron chi connectivity index (χ1n) is 5.68. The van der Waals surface area contributed by atoms with Crippen LogP contribution in [0.2, 0.25) is 0 Å². The van der Waals surface area contributed by atoms with Crippen LogP contribution >= 0.6 is 0 Å². The average molecular weight is 236 g/mol. The summed E-state index contributed by atoms with van der Waals surface area (Å²) >= 11 is 0. The maximum Gasteiger partial charge on any atom is 0.260 e. The number of benzene rings is 1. The molecule has 1 amide bonds. The molecule has 0 aromatic heterocycles. The minimum absolute atomic E-state index is 0.133. The smallest absolute Gasteiger partial charge is 0.260 e. The second kappa shape index (κ2) is 5.68. The number of hydrogen-bond donors (Lipinski definition) is 2. The van der Waals surface area contributed by atoms with Crippen LogP contribution in [0.4, 0.5) is 0 Å². The molecule has 1 aromatic carbocycles. The zero-order valence-electron chi connectivity index (χ0n) is 10.8. The number of hydrogen-bond acceptors (Lipinski definition) is 3. The fraction of sp³-hybridized carbons (Fsp3) is 0.462. The van der Waals surface area contributed by atoms with Gasteiger partial charge >= 0.3 is 0 Å². The molecular formula is C13H20N2O2. The van der Waals surface area contributed by atoms with Gasteiger partial charge in [-0.1, -0.05) is 12.1 Å². The number of aryl methyl sites for hydroxylation is 2. The van der Waals surface area contributed by atoms with Crippen LogP contribution in [0.15, 0.2) is 12.1 Å². The monoisotopic (exact) mass is 236 g/mol. The number of nitrogens with two attached hydrogens (primary N) is 1. The first kappa shape index (κ1) is 13.5. The van der Waals surface area contributed by atoms with Crippen molar-refractivity contribution < 1.29 is 9.53 Å². The molecule has 1 atom stereocenters. The molecule has 1 unspecified atom stereocenters. The van der Waals surface area contributed by atoms with Crippen LogP contribution in [0, 0.1) is 13.8 Å². The Hall–Kier alpha value is -1.55. The zero-order valence-corrected chi connectivity index (χ0v) is 10.8. The van der Waals surface area contributed by atoms with Crippen molar-refractivity contribution in [2.75, 3.05) is 7.05 Å². The van der Waals surface area contributed by atoms with Crippen LogP contribution in [0.1, 0.15) is 23.6 Å². The van der Waals surface area contributed by atoms with Gasteiger partial charge < -0.3 is 15.8 Å². The van der Waals surface area contributed by atoms with E-state index in [1.165, 1.54) is 0 Å². The van der Waals surface area contributed by atoms with E-state index in [1.807, 2.05) is 26.0 Å². The van der Waals surface area contributed by atoms with Gasteiger partial charge in [0.1, 0.15) is 5.75 Å². The molecule has 0 aliphatic rings. The fourth-order valence-corrected chi connectivity index (χ4v) is 1.78. The number of rotatable bonds is 4. The molecule has 0 spiro atoms. The topological polar surface area (TPSA) is 64.3 Å². The molecule has 0 saturated carbocycles. The highest BCUT2D eigenvalue weighted by Gasteiger charge is 2.15. The Morgan fingerprint density at radius 3 is 2.35 bits per heavy atom. The highest BCUT2D eigenvalue weighted by atomic mass is 16.5. The summed E-state index contributed by atoms with van der Waals surface area (Å²) in [4.78, 5) is 11.4. The molecule has 3 N–H and O–H groups in total. The zero-order chi connectivity index (χ0) is 13.0. The third-order valence-electron chi connectivity index (χ3n) is 2.67. The Balaban J connectivity index is 2.95.